The summed E-state index contributed by atoms with van der Waals surface area (Å²) >= 11 is 0. The van der Waals surface area contributed by atoms with Gasteiger partial charge in [-0.1, -0.05) is 6.92 Å². The molecule has 0 aromatic heterocycles. The van der Waals surface area contributed by atoms with Crippen LogP contribution in [-0.4, -0.2) is 11.7 Å². The van der Waals surface area contributed by atoms with Gasteiger partial charge in [0.05, 0.1) is 0 Å². The van der Waals surface area contributed by atoms with Crippen LogP contribution in [0.2, 0.25) is 0 Å². The van der Waals surface area contributed by atoms with Crippen molar-refractivity contribution in [2.45, 2.75) is 6.42 Å². The second-order valence-corrected chi connectivity index (χ2v) is 1.92. The maximum Gasteiger partial charge on any atom is 1.00 e. The van der Waals surface area contributed by atoms with Crippen LogP contribution in [0.3, 0.4) is 0 Å². The molecule has 12 heavy (non-hydrogen) atoms. The average molecular weight is 223 g/mol. The molecule has 0 unspecified atom stereocenters. The largest absolute Gasteiger partial charge is 1.00 e. The zero-order valence-corrected chi connectivity index (χ0v) is 14.5. The summed E-state index contributed by atoms with van der Waals surface area (Å²) in [5.41, 5.74) is 0. The molecule has 9 heteroatoms. The summed E-state index contributed by atoms with van der Waals surface area (Å²) in [5, 5.41) is 7.81. The Balaban J connectivity index is -0.0000000221. The smallest absolute Gasteiger partial charge is 0.822 e. The van der Waals surface area contributed by atoms with Gasteiger partial charge in [0.1, 0.15) is 0 Å². The number of aliphatic hydroxyl groups is 1. The first-order valence-electron chi connectivity index (χ1n) is 2.05. The fourth-order valence-electron chi connectivity index (χ4n) is 0. The van der Waals surface area contributed by atoms with Crippen molar-refractivity contribution in [3.8, 4) is 0 Å². The Morgan fingerprint density at radius 1 is 1.17 bits per heavy atom. The Morgan fingerprint density at radius 2 is 1.25 bits per heavy atom. The molecular weight excluding hydrogens is 216 g/mol. The summed E-state index contributed by atoms with van der Waals surface area (Å²) in [6.07, 6.45) is 0.625. The molecule has 0 bridgehead atoms. The SMILES string of the molecule is O=P([O-])([O-])[O-].[CH2]CCO.[Na+].[Na+].[Na+]. The van der Waals surface area contributed by atoms with Crippen molar-refractivity contribution in [1.29, 1.82) is 0 Å². The zero-order valence-electron chi connectivity index (χ0n) is 7.65. The van der Waals surface area contributed by atoms with Crippen molar-refractivity contribution in [3.05, 3.63) is 6.92 Å². The molecule has 0 spiro atoms. The van der Waals surface area contributed by atoms with E-state index in [0.717, 1.165) is 0 Å². The van der Waals surface area contributed by atoms with E-state index in [2.05, 4.69) is 6.92 Å². The first-order valence-corrected chi connectivity index (χ1v) is 3.51. The molecule has 0 atom stereocenters. The van der Waals surface area contributed by atoms with Crippen LogP contribution in [0.25, 0.3) is 0 Å². The molecule has 0 rings (SSSR count). The predicted octanol–water partition coefficient (Wildman–Crippen LogP) is -11.6. The van der Waals surface area contributed by atoms with E-state index in [4.69, 9.17) is 24.4 Å². The molecule has 0 aliphatic heterocycles. The third-order valence-electron chi connectivity index (χ3n) is 0.158. The van der Waals surface area contributed by atoms with Crippen LogP contribution in [0.4, 0.5) is 0 Å². The van der Waals surface area contributed by atoms with E-state index < -0.39 is 7.82 Å². The van der Waals surface area contributed by atoms with E-state index in [0.29, 0.717) is 6.42 Å². The number of aliphatic hydroxyl groups excluding tert-OH is 1. The summed E-state index contributed by atoms with van der Waals surface area (Å²) in [6.45, 7) is 3.56. The fraction of sp³-hybridized carbons (Fsp3) is 0.667. The topological polar surface area (TPSA) is 106 Å². The average Bonchev–Trinajstić information content (AvgIpc) is 1.61. The fourth-order valence-corrected chi connectivity index (χ4v) is 0. The van der Waals surface area contributed by atoms with Gasteiger partial charge in [-0.25, -0.2) is 0 Å². The molecule has 0 aromatic carbocycles. The Bertz CT molecular complexity index is 85.7. The summed E-state index contributed by atoms with van der Waals surface area (Å²) in [6, 6.07) is 0. The number of rotatable bonds is 1. The number of phosphoric acid groups is 1. The van der Waals surface area contributed by atoms with Gasteiger partial charge >= 0.3 is 88.7 Å². The Morgan fingerprint density at radius 3 is 1.25 bits per heavy atom. The monoisotopic (exact) mass is 223 g/mol. The van der Waals surface area contributed by atoms with Crippen LogP contribution in [0.5, 0.6) is 0 Å². The van der Waals surface area contributed by atoms with Gasteiger partial charge < -0.3 is 24.4 Å². The van der Waals surface area contributed by atoms with Crippen LogP contribution in [0.1, 0.15) is 6.42 Å². The summed E-state index contributed by atoms with van der Waals surface area (Å²) in [7, 11) is -5.39. The molecule has 1 N–H and O–H groups in total. The van der Waals surface area contributed by atoms with Gasteiger partial charge in [0, 0.05) is 6.61 Å². The van der Waals surface area contributed by atoms with Crippen molar-refractivity contribution >= 4 is 7.82 Å². The minimum absolute atomic E-state index is 0. The molecule has 0 aliphatic rings. The molecule has 0 aromatic rings. The van der Waals surface area contributed by atoms with E-state index in [1.54, 1.807) is 0 Å². The van der Waals surface area contributed by atoms with Gasteiger partial charge in [0.2, 0.25) is 0 Å². The van der Waals surface area contributed by atoms with Crippen molar-refractivity contribution in [2.75, 3.05) is 6.61 Å². The van der Waals surface area contributed by atoms with Gasteiger partial charge in [-0.05, 0) is 6.42 Å². The number of hydrogen-bond donors (Lipinski definition) is 1. The minimum Gasteiger partial charge on any atom is -0.822 e. The van der Waals surface area contributed by atoms with E-state index in [-0.39, 0.29) is 95.3 Å². The van der Waals surface area contributed by atoms with Crippen molar-refractivity contribution in [2.24, 2.45) is 0 Å². The third-order valence-corrected chi connectivity index (χ3v) is 0.158. The van der Waals surface area contributed by atoms with Crippen LogP contribution in [0.15, 0.2) is 0 Å². The van der Waals surface area contributed by atoms with Crippen molar-refractivity contribution in [3.63, 3.8) is 0 Å². The Kier molecular flexibility index (Phi) is 48.1. The van der Waals surface area contributed by atoms with Crippen LogP contribution >= 0.6 is 7.82 Å². The first kappa shape index (κ1) is 29.4. The normalized spacial score (nSPS) is 7.42. The zero-order chi connectivity index (χ0) is 7.91. The van der Waals surface area contributed by atoms with Crippen molar-refractivity contribution in [1.82, 2.24) is 0 Å². The first-order chi connectivity index (χ1) is 3.91. The van der Waals surface area contributed by atoms with Crippen LogP contribution in [-0.2, 0) is 4.57 Å². The standard InChI is InChI=1S/C3H7O.3Na.H3O4P/c1-2-3-4;;;;1-5(2,3)4/h4H,1-3H2;;;;(H3,1,2,3,4)/q;3*+1;/p-3. The second-order valence-electron chi connectivity index (χ2n) is 1.02. The van der Waals surface area contributed by atoms with Gasteiger partial charge in [-0.15, -0.1) is 0 Å². The molecule has 0 aliphatic carbocycles. The number of hydrogen-bond acceptors (Lipinski definition) is 5. The van der Waals surface area contributed by atoms with Gasteiger partial charge in [-0.2, -0.15) is 7.82 Å². The van der Waals surface area contributed by atoms with E-state index in [1.165, 1.54) is 0 Å². The maximum absolute atomic E-state index is 8.55. The van der Waals surface area contributed by atoms with Crippen molar-refractivity contribution < 1.29 is 113 Å². The molecule has 0 heterocycles. The molecule has 0 amide bonds. The molecule has 0 saturated heterocycles. The summed E-state index contributed by atoms with van der Waals surface area (Å²) in [4.78, 5) is 25.6. The molecule has 5 nitrogen and oxygen atoms in total. The van der Waals surface area contributed by atoms with Crippen LogP contribution < -0.4 is 103 Å². The molecule has 57 valence electrons. The van der Waals surface area contributed by atoms with Gasteiger partial charge in [0.15, 0.2) is 0 Å². The molecule has 1 radical (unpaired) electrons. The maximum atomic E-state index is 8.55. The molecule has 0 fully saturated rings. The predicted molar refractivity (Wildman–Crippen MR) is 24.7 cm³/mol. The molecular formula is C3H7Na3O5P. The second kappa shape index (κ2) is 19.6. The Labute approximate surface area is 138 Å². The Hall–Kier alpha value is 3.07. The van der Waals surface area contributed by atoms with E-state index >= 15 is 0 Å². The van der Waals surface area contributed by atoms with E-state index in [9.17, 15) is 0 Å². The van der Waals surface area contributed by atoms with Gasteiger partial charge in [0.25, 0.3) is 0 Å². The van der Waals surface area contributed by atoms with E-state index in [1.807, 2.05) is 0 Å². The quantitative estimate of drug-likeness (QED) is 0.351. The summed E-state index contributed by atoms with van der Waals surface area (Å²) in [5.74, 6) is 0. The van der Waals surface area contributed by atoms with Gasteiger partial charge in [-0.3, -0.25) is 0 Å². The summed E-state index contributed by atoms with van der Waals surface area (Å²) < 4.78 is 8.55. The van der Waals surface area contributed by atoms with Crippen LogP contribution in [0, 0.1) is 6.92 Å². The molecule has 0 saturated carbocycles. The third kappa shape index (κ3) is 115. The minimum atomic E-state index is -5.39.